The van der Waals surface area contributed by atoms with Crippen LogP contribution in [0.15, 0.2) is 81.7 Å². The van der Waals surface area contributed by atoms with Gasteiger partial charge in [0.05, 0.1) is 37.2 Å². The van der Waals surface area contributed by atoms with Gasteiger partial charge >= 0.3 is 0 Å². The quantitative estimate of drug-likeness (QED) is 0.186. The zero-order chi connectivity index (χ0) is 32.2. The summed E-state index contributed by atoms with van der Waals surface area (Å²) in [6.45, 7) is 7.23. The molecule has 1 amide bonds. The van der Waals surface area contributed by atoms with Crippen LogP contribution in [0.4, 0.5) is 0 Å². The van der Waals surface area contributed by atoms with Crippen LogP contribution in [-0.2, 0) is 11.4 Å². The number of ether oxygens (including phenoxy) is 3. The van der Waals surface area contributed by atoms with Crippen molar-refractivity contribution in [1.82, 2.24) is 9.47 Å². The van der Waals surface area contributed by atoms with Gasteiger partial charge < -0.3 is 19.1 Å². The zero-order valence-electron chi connectivity index (χ0n) is 25.6. The van der Waals surface area contributed by atoms with Crippen molar-refractivity contribution in [3.05, 3.63) is 115 Å². The summed E-state index contributed by atoms with van der Waals surface area (Å²) in [4.78, 5) is 35.3. The molecule has 1 aromatic heterocycles. The molecule has 0 saturated carbocycles. The molecule has 0 unspecified atom stereocenters. The Morgan fingerprint density at radius 2 is 1.71 bits per heavy atom. The average molecular weight is 850 g/mol. The van der Waals surface area contributed by atoms with Gasteiger partial charge in [0, 0.05) is 18.7 Å². The number of carbonyl (C=O) groups excluding carboxylic acids is 1. The van der Waals surface area contributed by atoms with Crippen LogP contribution < -0.4 is 29.1 Å². The fourth-order valence-corrected chi connectivity index (χ4v) is 8.48. The maximum Gasteiger partial charge on any atom is 0.271 e. The molecule has 1 atom stereocenters. The van der Waals surface area contributed by atoms with Gasteiger partial charge in [-0.25, -0.2) is 4.99 Å². The molecule has 4 aromatic rings. The molecule has 0 saturated heterocycles. The third kappa shape index (κ3) is 6.85. The molecular formula is C34H33I2N3O5S. The Labute approximate surface area is 293 Å². The number of methoxy groups -OCH3 is 2. The first-order valence-electron chi connectivity index (χ1n) is 14.4. The monoisotopic (exact) mass is 849 g/mol. The fourth-order valence-electron chi connectivity index (χ4n) is 5.31. The highest BCUT2D eigenvalue weighted by atomic mass is 127. The summed E-state index contributed by atoms with van der Waals surface area (Å²) in [5.74, 6) is 1.78. The van der Waals surface area contributed by atoms with E-state index in [1.165, 1.54) is 11.3 Å². The van der Waals surface area contributed by atoms with Crippen LogP contribution in [0.3, 0.4) is 0 Å². The highest BCUT2D eigenvalue weighted by Gasteiger charge is 2.36. The molecule has 0 N–H and O–H groups in total. The summed E-state index contributed by atoms with van der Waals surface area (Å²) >= 11 is 5.84. The van der Waals surface area contributed by atoms with E-state index in [0.29, 0.717) is 57.4 Å². The largest absolute Gasteiger partial charge is 0.497 e. The molecule has 0 radical (unpaired) electrons. The standard InChI is InChI=1S/C34H33I2N3O5S/c1-6-38(7-2)33(41)29-20(3)37-34-39(30(29)24-18-23(42-4)13-14-27(24)43-5)32(40)28(45-34)17-22-15-25(35)31(26(36)16-22)44-19-21-11-9-8-10-12-21/h8-18,30H,6-7,19H2,1-5H3/b28-17+/t30-/m0/s1. The highest BCUT2D eigenvalue weighted by Crippen LogP contribution is 2.38. The van der Waals surface area contributed by atoms with E-state index in [9.17, 15) is 9.59 Å². The Morgan fingerprint density at radius 1 is 1.02 bits per heavy atom. The number of carbonyl (C=O) groups is 1. The molecule has 0 fully saturated rings. The molecule has 234 valence electrons. The number of likely N-dealkylation sites (N-methyl/N-ethyl adjacent to an activating group) is 1. The van der Waals surface area contributed by atoms with Crippen LogP contribution >= 0.6 is 56.5 Å². The van der Waals surface area contributed by atoms with Gasteiger partial charge in [0.1, 0.15) is 29.9 Å². The van der Waals surface area contributed by atoms with E-state index in [1.54, 1.807) is 35.8 Å². The molecule has 0 aliphatic carbocycles. The van der Waals surface area contributed by atoms with Crippen molar-refractivity contribution in [3.8, 4) is 17.2 Å². The normalized spacial score (nSPS) is 14.6. The Bertz CT molecular complexity index is 1930. The number of fused-ring (bicyclic) bond motifs is 1. The highest BCUT2D eigenvalue weighted by molar-refractivity contribution is 14.1. The summed E-state index contributed by atoms with van der Waals surface area (Å²) in [7, 11) is 3.16. The number of hydrogen-bond acceptors (Lipinski definition) is 7. The third-order valence-electron chi connectivity index (χ3n) is 7.58. The van der Waals surface area contributed by atoms with Crippen LogP contribution in [0.1, 0.15) is 43.5 Å². The smallest absolute Gasteiger partial charge is 0.271 e. The van der Waals surface area contributed by atoms with E-state index in [2.05, 4.69) is 45.2 Å². The van der Waals surface area contributed by atoms with Crippen molar-refractivity contribution in [2.24, 2.45) is 4.99 Å². The lowest BCUT2D eigenvalue weighted by molar-refractivity contribution is -0.127. The van der Waals surface area contributed by atoms with Crippen LogP contribution in [0.2, 0.25) is 0 Å². The number of aromatic nitrogens is 1. The van der Waals surface area contributed by atoms with E-state index in [-0.39, 0.29) is 11.5 Å². The van der Waals surface area contributed by atoms with Gasteiger partial charge in [0.15, 0.2) is 4.80 Å². The Balaban J connectivity index is 1.64. The maximum atomic E-state index is 14.3. The van der Waals surface area contributed by atoms with Crippen molar-refractivity contribution in [2.45, 2.75) is 33.4 Å². The molecule has 2 heterocycles. The molecule has 1 aliphatic rings. The zero-order valence-corrected chi connectivity index (χ0v) is 30.7. The third-order valence-corrected chi connectivity index (χ3v) is 10.2. The van der Waals surface area contributed by atoms with Crippen LogP contribution in [0, 0.1) is 7.14 Å². The number of thiazole rings is 1. The van der Waals surface area contributed by atoms with Gasteiger partial charge in [-0.1, -0.05) is 41.7 Å². The minimum absolute atomic E-state index is 0.166. The lowest BCUT2D eigenvalue weighted by Crippen LogP contribution is -2.43. The Morgan fingerprint density at radius 3 is 2.33 bits per heavy atom. The van der Waals surface area contributed by atoms with E-state index < -0.39 is 6.04 Å². The maximum absolute atomic E-state index is 14.3. The minimum atomic E-state index is -0.754. The lowest BCUT2D eigenvalue weighted by atomic mass is 9.93. The van der Waals surface area contributed by atoms with E-state index in [4.69, 9.17) is 19.2 Å². The number of halogens is 2. The Hall–Kier alpha value is -3.17. The summed E-state index contributed by atoms with van der Waals surface area (Å²) in [5.41, 5.74) is 3.38. The molecule has 11 heteroatoms. The van der Waals surface area contributed by atoms with E-state index in [0.717, 1.165) is 24.0 Å². The molecule has 45 heavy (non-hydrogen) atoms. The second-order valence-corrected chi connectivity index (χ2v) is 13.6. The number of benzene rings is 3. The topological polar surface area (TPSA) is 82.4 Å². The van der Waals surface area contributed by atoms with Gasteiger partial charge in [0.2, 0.25) is 0 Å². The van der Waals surface area contributed by atoms with Crippen LogP contribution in [0.25, 0.3) is 6.08 Å². The van der Waals surface area contributed by atoms with Crippen LogP contribution in [0.5, 0.6) is 17.2 Å². The molecule has 1 aliphatic heterocycles. The van der Waals surface area contributed by atoms with E-state index in [1.807, 2.05) is 75.4 Å². The predicted octanol–water partition coefficient (Wildman–Crippen LogP) is 5.91. The number of nitrogens with zero attached hydrogens (tertiary/aromatic N) is 3. The summed E-state index contributed by atoms with van der Waals surface area (Å²) < 4.78 is 21.5. The first kappa shape index (κ1) is 33.2. The second-order valence-electron chi connectivity index (χ2n) is 10.3. The predicted molar refractivity (Wildman–Crippen MR) is 194 cm³/mol. The second kappa shape index (κ2) is 14.5. The van der Waals surface area contributed by atoms with Crippen LogP contribution in [-0.4, -0.2) is 42.7 Å². The molecule has 8 nitrogen and oxygen atoms in total. The summed E-state index contributed by atoms with van der Waals surface area (Å²) in [5, 5.41) is 0. The minimum Gasteiger partial charge on any atom is -0.497 e. The lowest BCUT2D eigenvalue weighted by Gasteiger charge is -2.30. The molecule has 5 rings (SSSR count). The first-order valence-corrected chi connectivity index (χ1v) is 17.4. The van der Waals surface area contributed by atoms with Gasteiger partial charge in [-0.15, -0.1) is 0 Å². The Kier molecular flexibility index (Phi) is 10.7. The summed E-state index contributed by atoms with van der Waals surface area (Å²) in [6, 6.07) is 18.7. The SMILES string of the molecule is CCN(CC)C(=O)C1=C(C)N=c2s/c(=C/c3cc(I)c(OCc4ccccc4)c(I)c3)c(=O)n2[C@H]1c1cc(OC)ccc1OC. The average Bonchev–Trinajstić information content (AvgIpc) is 3.34. The van der Waals surface area contributed by atoms with E-state index >= 15 is 0 Å². The van der Waals surface area contributed by atoms with Gasteiger partial charge in [0.25, 0.3) is 11.5 Å². The van der Waals surface area contributed by atoms with Crippen molar-refractivity contribution >= 4 is 68.5 Å². The molecular weight excluding hydrogens is 816 g/mol. The summed E-state index contributed by atoms with van der Waals surface area (Å²) in [6.07, 6.45) is 1.88. The van der Waals surface area contributed by atoms with Crippen molar-refractivity contribution in [3.63, 3.8) is 0 Å². The van der Waals surface area contributed by atoms with Crippen molar-refractivity contribution < 1.29 is 19.0 Å². The number of rotatable bonds is 10. The fraction of sp³-hybridized carbons (Fsp3) is 0.265. The number of allylic oxidation sites excluding steroid dienone is 1. The van der Waals surface area contributed by atoms with Gasteiger partial charge in [-0.3, -0.25) is 14.2 Å². The number of amides is 1. The van der Waals surface area contributed by atoms with Crippen molar-refractivity contribution in [1.29, 1.82) is 0 Å². The molecule has 0 bridgehead atoms. The van der Waals surface area contributed by atoms with Crippen molar-refractivity contribution in [2.75, 3.05) is 27.3 Å². The number of hydrogen-bond donors (Lipinski definition) is 0. The molecule has 3 aromatic carbocycles. The van der Waals surface area contributed by atoms with Gasteiger partial charge in [-0.2, -0.15) is 0 Å². The first-order chi connectivity index (χ1) is 21.7. The molecule has 0 spiro atoms. The van der Waals surface area contributed by atoms with Gasteiger partial charge in [-0.05, 0) is 113 Å².